The number of esters is 1. The highest BCUT2D eigenvalue weighted by Gasteiger charge is 2.51. The van der Waals surface area contributed by atoms with Crippen LogP contribution in [-0.2, 0) is 42.9 Å². The van der Waals surface area contributed by atoms with Crippen molar-refractivity contribution in [2.75, 3.05) is 27.9 Å². The summed E-state index contributed by atoms with van der Waals surface area (Å²) in [5.41, 5.74) is -0.643. The van der Waals surface area contributed by atoms with Gasteiger partial charge in [0.15, 0.2) is 11.6 Å². The molecule has 2 heterocycles. The normalized spacial score (nSPS) is 38.6. The Bertz CT molecular complexity index is 1750. The van der Waals surface area contributed by atoms with Crippen molar-refractivity contribution < 1.29 is 58.2 Å². The number of methoxy groups -OCH3 is 3. The summed E-state index contributed by atoms with van der Waals surface area (Å²) in [5, 5.41) is 34.1. The number of aliphatic hydroxyl groups is 3. The van der Waals surface area contributed by atoms with Crippen molar-refractivity contribution in [1.29, 1.82) is 0 Å². The number of ketones is 3. The van der Waals surface area contributed by atoms with Crippen LogP contribution >= 0.6 is 0 Å². The molecule has 1 saturated heterocycles. The van der Waals surface area contributed by atoms with Gasteiger partial charge in [-0.05, 0) is 132 Å². The highest BCUT2D eigenvalue weighted by molar-refractivity contribution is 6.39. The molecule has 1 amide bonds. The van der Waals surface area contributed by atoms with Crippen LogP contribution in [0.5, 0.6) is 0 Å². The zero-order valence-corrected chi connectivity index (χ0v) is 40.9. The van der Waals surface area contributed by atoms with Crippen LogP contribution in [-0.4, -0.2) is 126 Å². The van der Waals surface area contributed by atoms with Crippen molar-refractivity contribution in [3.63, 3.8) is 0 Å². The predicted octanol–water partition coefficient (Wildman–Crippen LogP) is 6.84. The molecule has 0 radical (unpaired) electrons. The van der Waals surface area contributed by atoms with Gasteiger partial charge in [0, 0.05) is 46.1 Å². The molecule has 65 heavy (non-hydrogen) atoms. The van der Waals surface area contributed by atoms with Gasteiger partial charge in [0.1, 0.15) is 23.9 Å². The first-order valence-corrected chi connectivity index (χ1v) is 24.3. The van der Waals surface area contributed by atoms with Crippen LogP contribution in [0.4, 0.5) is 0 Å². The van der Waals surface area contributed by atoms with Gasteiger partial charge >= 0.3 is 5.97 Å². The molecule has 4 aliphatic rings. The molecule has 2 saturated carbocycles. The van der Waals surface area contributed by atoms with E-state index in [2.05, 4.69) is 0 Å². The van der Waals surface area contributed by atoms with Gasteiger partial charge in [-0.15, -0.1) is 0 Å². The molecule has 0 aromatic rings. The molecule has 0 spiro atoms. The Morgan fingerprint density at radius 1 is 0.862 bits per heavy atom. The summed E-state index contributed by atoms with van der Waals surface area (Å²) in [6, 6.07) is -1.09. The van der Waals surface area contributed by atoms with E-state index in [9.17, 15) is 39.3 Å². The first-order chi connectivity index (χ1) is 30.7. The van der Waals surface area contributed by atoms with E-state index < -0.39 is 71.5 Å². The van der Waals surface area contributed by atoms with Gasteiger partial charge in [-0.25, -0.2) is 4.79 Å². The van der Waals surface area contributed by atoms with Gasteiger partial charge < -0.3 is 39.2 Å². The Labute approximate surface area is 388 Å². The lowest BCUT2D eigenvalue weighted by Crippen LogP contribution is -2.59. The number of amides is 1. The zero-order valence-electron chi connectivity index (χ0n) is 40.9. The molecule has 366 valence electrons. The summed E-state index contributed by atoms with van der Waals surface area (Å²) >= 11 is 0. The lowest BCUT2D eigenvalue weighted by Gasteiger charge is -2.43. The Hall–Kier alpha value is -3.33. The number of allylic oxidation sites excluding steroid dienone is 6. The van der Waals surface area contributed by atoms with Crippen LogP contribution in [0, 0.1) is 41.4 Å². The highest BCUT2D eigenvalue weighted by Crippen LogP contribution is 2.41. The number of carbonyl (C=O) groups excluding carboxylic acids is 5. The first kappa shape index (κ1) is 54.3. The average Bonchev–Trinajstić information content (AvgIpc) is 3.28. The third kappa shape index (κ3) is 14.3. The van der Waals surface area contributed by atoms with Crippen molar-refractivity contribution >= 4 is 29.2 Å². The van der Waals surface area contributed by atoms with Gasteiger partial charge in [-0.2, -0.15) is 0 Å². The maximum atomic E-state index is 14.4. The summed E-state index contributed by atoms with van der Waals surface area (Å²) in [6.07, 6.45) is 13.1. The molecule has 13 nitrogen and oxygen atoms in total. The number of ether oxygens (including phenoxy) is 4. The van der Waals surface area contributed by atoms with E-state index in [1.165, 1.54) is 12.0 Å². The fourth-order valence-corrected chi connectivity index (χ4v) is 10.7. The minimum Gasteiger partial charge on any atom is -0.460 e. The SMILES string of the molecule is CO[C@H]1C[C@@H]2CC[C@@H](C)[C@@](O)(C2)C(=O)C(=O)N2CCCC[C@H]2C(=O)OC([C@H](C)CC2CC[C@@H](O)[C@H](OC)C2)CC(=O)/C(C)=C/C(C)C(O)[C@@H](OC)C(=O)[C@H](C)C[C@H](C)C=CC=CC=C1C. The molecular formula is C52H81NO12. The Morgan fingerprint density at radius 3 is 2.26 bits per heavy atom. The largest absolute Gasteiger partial charge is 0.460 e. The van der Waals surface area contributed by atoms with E-state index in [4.69, 9.17) is 18.9 Å². The average molecular weight is 912 g/mol. The molecule has 0 aromatic carbocycles. The van der Waals surface area contributed by atoms with Crippen LogP contribution < -0.4 is 0 Å². The second-order valence-electron chi connectivity index (χ2n) is 20.2. The molecule has 4 rings (SSSR count). The van der Waals surface area contributed by atoms with Crippen molar-refractivity contribution in [2.24, 2.45) is 41.4 Å². The molecule has 3 fully saturated rings. The number of piperidine rings is 1. The third-order valence-electron chi connectivity index (χ3n) is 15.1. The van der Waals surface area contributed by atoms with E-state index in [1.54, 1.807) is 41.1 Å². The molecule has 0 aromatic heterocycles. The fourth-order valence-electron chi connectivity index (χ4n) is 10.7. The monoisotopic (exact) mass is 912 g/mol. The number of Topliss-reactive ketones (excluding diaryl/α,β-unsaturated/α-hetero) is 3. The Morgan fingerprint density at radius 2 is 1.58 bits per heavy atom. The number of hydrogen-bond acceptors (Lipinski definition) is 12. The third-order valence-corrected chi connectivity index (χ3v) is 15.1. The van der Waals surface area contributed by atoms with E-state index in [0.717, 1.165) is 18.4 Å². The van der Waals surface area contributed by atoms with Gasteiger partial charge in [0.25, 0.3) is 11.7 Å². The molecule has 15 atom stereocenters. The summed E-state index contributed by atoms with van der Waals surface area (Å²) in [4.78, 5) is 72.1. The number of hydrogen-bond donors (Lipinski definition) is 3. The fraction of sp³-hybridized carbons (Fsp3) is 0.750. The molecular weight excluding hydrogens is 831 g/mol. The number of fused-ring (bicyclic) bond motifs is 3. The minimum atomic E-state index is -1.93. The minimum absolute atomic E-state index is 0.0385. The standard InChI is InChI=1S/C52H81NO12/c1-31-16-12-11-13-17-32(2)43(62-8)28-39-20-19-37(7)52(61,30-39)49(58)50(59)53-23-15-14-18-40(53)51(60)65-44(34(4)26-38-21-22-41(54)45(27-38)63-9)29-42(55)33(3)25-36(6)47(57)48(64-10)46(56)35(5)24-31/h11-13,16-17,25,31,34-41,43-45,47-48,54,57,61H,14-15,18-24,26-30H2,1-10H3/b13-11?,16-12?,32-17?,33-25+/t31-,34-,35-,36?,37-,38?,39+,40+,41-,43+,44?,45-,47?,48+,52+/m1/s1. The maximum absolute atomic E-state index is 14.4. The van der Waals surface area contributed by atoms with Crippen LogP contribution in [0.15, 0.2) is 47.6 Å². The molecule has 13 heteroatoms. The van der Waals surface area contributed by atoms with E-state index in [1.807, 2.05) is 58.1 Å². The maximum Gasteiger partial charge on any atom is 0.329 e. The number of carbonyl (C=O) groups is 5. The second-order valence-corrected chi connectivity index (χ2v) is 20.2. The van der Waals surface area contributed by atoms with E-state index >= 15 is 0 Å². The number of cyclic esters (lactones) is 1. The van der Waals surface area contributed by atoms with Crippen molar-refractivity contribution in [1.82, 2.24) is 4.90 Å². The molecule has 3 N–H and O–H groups in total. The van der Waals surface area contributed by atoms with Crippen LogP contribution in [0.25, 0.3) is 0 Å². The molecule has 2 aliphatic carbocycles. The van der Waals surface area contributed by atoms with Gasteiger partial charge in [-0.1, -0.05) is 71.1 Å². The number of aliphatic hydroxyl groups excluding tert-OH is 2. The lowest BCUT2D eigenvalue weighted by molar-refractivity contribution is -0.171. The first-order valence-electron chi connectivity index (χ1n) is 24.3. The van der Waals surface area contributed by atoms with Gasteiger partial charge in [-0.3, -0.25) is 19.2 Å². The van der Waals surface area contributed by atoms with E-state index in [0.29, 0.717) is 56.9 Å². The number of rotatable bonds is 6. The Balaban J connectivity index is 1.70. The zero-order chi connectivity index (χ0) is 48.2. The second kappa shape index (κ2) is 25.2. The molecule has 4 unspecified atom stereocenters. The summed E-state index contributed by atoms with van der Waals surface area (Å²) < 4.78 is 23.3. The smallest absolute Gasteiger partial charge is 0.329 e. The van der Waals surface area contributed by atoms with Crippen LogP contribution in [0.1, 0.15) is 132 Å². The lowest BCUT2D eigenvalue weighted by atomic mass is 9.67. The topological polar surface area (TPSA) is 186 Å². The van der Waals surface area contributed by atoms with Gasteiger partial charge in [0.2, 0.25) is 0 Å². The highest BCUT2D eigenvalue weighted by atomic mass is 16.5. The molecule has 2 aliphatic heterocycles. The molecule has 2 bridgehead atoms. The number of nitrogens with zero attached hydrogens (tertiary/aromatic N) is 1. The van der Waals surface area contributed by atoms with Gasteiger partial charge in [0.05, 0.1) is 24.4 Å². The Kier molecular flexibility index (Phi) is 21.0. The summed E-state index contributed by atoms with van der Waals surface area (Å²) in [6.45, 7) is 13.0. The summed E-state index contributed by atoms with van der Waals surface area (Å²) in [5.74, 6) is -4.91. The van der Waals surface area contributed by atoms with Crippen molar-refractivity contribution in [3.8, 4) is 0 Å². The van der Waals surface area contributed by atoms with Crippen LogP contribution in [0.2, 0.25) is 0 Å². The van der Waals surface area contributed by atoms with Crippen molar-refractivity contribution in [3.05, 3.63) is 47.6 Å². The van der Waals surface area contributed by atoms with Crippen molar-refractivity contribution in [2.45, 2.75) is 180 Å². The summed E-state index contributed by atoms with van der Waals surface area (Å²) in [7, 11) is 4.60. The van der Waals surface area contributed by atoms with E-state index in [-0.39, 0.29) is 73.3 Å². The van der Waals surface area contributed by atoms with Crippen LogP contribution in [0.3, 0.4) is 0 Å². The predicted molar refractivity (Wildman–Crippen MR) is 248 cm³/mol. The quantitative estimate of drug-likeness (QED) is 0.186.